The average molecular weight is 364 g/mol. The molecule has 4 atom stereocenters. The van der Waals surface area contributed by atoms with Gasteiger partial charge < -0.3 is 10.2 Å². The molecule has 1 rings (SSSR count). The van der Waals surface area contributed by atoms with Gasteiger partial charge in [-0.1, -0.05) is 37.1 Å². The fourth-order valence-electron chi connectivity index (χ4n) is 3.35. The Morgan fingerprint density at radius 3 is 2.12 bits per heavy atom. The van der Waals surface area contributed by atoms with Crippen LogP contribution in [-0.4, -0.2) is 39.3 Å². The van der Waals surface area contributed by atoms with Gasteiger partial charge in [0, 0.05) is 6.42 Å². The summed E-state index contributed by atoms with van der Waals surface area (Å²) in [4.78, 5) is 38.2. The van der Waals surface area contributed by atoms with E-state index in [9.17, 15) is 24.6 Å². The maximum Gasteiger partial charge on any atom is 0.185 e. The summed E-state index contributed by atoms with van der Waals surface area (Å²) >= 11 is 0. The summed E-state index contributed by atoms with van der Waals surface area (Å²) in [6.07, 6.45) is 2.30. The van der Waals surface area contributed by atoms with E-state index in [1.807, 2.05) is 41.5 Å². The molecule has 0 heterocycles. The van der Waals surface area contributed by atoms with Crippen LogP contribution in [0.4, 0.5) is 0 Å². The van der Waals surface area contributed by atoms with Crippen LogP contribution in [0.5, 0.6) is 0 Å². The van der Waals surface area contributed by atoms with E-state index >= 15 is 0 Å². The molecule has 0 spiro atoms. The summed E-state index contributed by atoms with van der Waals surface area (Å²) in [6, 6.07) is 0. The Hall–Kier alpha value is -1.59. The summed E-state index contributed by atoms with van der Waals surface area (Å²) in [5.41, 5.74) is -0.368. The molecule has 146 valence electrons. The number of Topliss-reactive ketones (excluding diaryl/α,β-unsaturated/α-hetero) is 3. The fraction of sp³-hybridized carbons (Fsp3) is 0.667. The summed E-state index contributed by atoms with van der Waals surface area (Å²) in [5, 5.41) is 21.7. The van der Waals surface area contributed by atoms with Crippen molar-refractivity contribution in [1.82, 2.24) is 0 Å². The molecule has 1 saturated carbocycles. The number of hydrogen-bond acceptors (Lipinski definition) is 5. The number of aliphatic hydroxyl groups excluding tert-OH is 1. The second-order valence-corrected chi connectivity index (χ2v) is 8.19. The highest BCUT2D eigenvalue weighted by Crippen LogP contribution is 2.41. The topological polar surface area (TPSA) is 91.7 Å². The Balaban J connectivity index is 3.30. The minimum atomic E-state index is -2.23. The van der Waals surface area contributed by atoms with Gasteiger partial charge in [-0.2, -0.15) is 0 Å². The third-order valence-corrected chi connectivity index (χ3v) is 4.77. The fourth-order valence-corrected chi connectivity index (χ4v) is 3.35. The third kappa shape index (κ3) is 4.77. The zero-order chi connectivity index (χ0) is 20.2. The summed E-state index contributed by atoms with van der Waals surface area (Å²) in [7, 11) is 0. The molecule has 5 heteroatoms. The van der Waals surface area contributed by atoms with Crippen LogP contribution >= 0.6 is 0 Å². The second-order valence-electron chi connectivity index (χ2n) is 8.19. The molecule has 0 radical (unpaired) electrons. The number of hydrogen-bond donors (Lipinski definition) is 2. The molecule has 1 aliphatic rings. The number of allylic oxidation sites excluding steroid dienone is 3. The average Bonchev–Trinajstić information content (AvgIpc) is 2.69. The van der Waals surface area contributed by atoms with Gasteiger partial charge in [0.15, 0.2) is 23.0 Å². The number of rotatable bonds is 8. The molecule has 0 bridgehead atoms. The van der Waals surface area contributed by atoms with Gasteiger partial charge in [0.25, 0.3) is 0 Å². The first-order valence-corrected chi connectivity index (χ1v) is 9.20. The number of aliphatic hydroxyl groups is 2. The highest BCUT2D eigenvalue weighted by atomic mass is 16.4. The van der Waals surface area contributed by atoms with E-state index in [2.05, 4.69) is 0 Å². The van der Waals surface area contributed by atoms with Crippen molar-refractivity contribution in [1.29, 1.82) is 0 Å². The van der Waals surface area contributed by atoms with Crippen LogP contribution < -0.4 is 0 Å². The minimum Gasteiger partial charge on any atom is -0.389 e. The molecule has 1 aliphatic carbocycles. The van der Waals surface area contributed by atoms with E-state index in [-0.39, 0.29) is 25.2 Å². The van der Waals surface area contributed by atoms with Crippen molar-refractivity contribution in [3.05, 3.63) is 23.3 Å². The van der Waals surface area contributed by atoms with E-state index in [1.54, 1.807) is 12.2 Å². The molecular formula is C21H32O5. The van der Waals surface area contributed by atoms with Crippen LogP contribution in [0.15, 0.2) is 23.3 Å². The molecule has 0 amide bonds. The summed E-state index contributed by atoms with van der Waals surface area (Å²) < 4.78 is 0. The number of ketones is 3. The second kappa shape index (κ2) is 8.87. The Kier molecular flexibility index (Phi) is 7.66. The Morgan fingerprint density at radius 2 is 1.65 bits per heavy atom. The normalized spacial score (nSPS) is 26.8. The van der Waals surface area contributed by atoms with Crippen molar-refractivity contribution < 1.29 is 24.6 Å². The first-order chi connectivity index (χ1) is 11.9. The third-order valence-electron chi connectivity index (χ3n) is 4.77. The van der Waals surface area contributed by atoms with Crippen LogP contribution in [0.3, 0.4) is 0 Å². The predicted octanol–water partition coefficient (Wildman–Crippen LogP) is 2.79. The lowest BCUT2D eigenvalue weighted by Crippen LogP contribution is -2.52. The monoisotopic (exact) mass is 364 g/mol. The van der Waals surface area contributed by atoms with Crippen molar-refractivity contribution in [2.45, 2.75) is 72.5 Å². The van der Waals surface area contributed by atoms with Gasteiger partial charge in [-0.25, -0.2) is 0 Å². The highest BCUT2D eigenvalue weighted by Gasteiger charge is 2.63. The molecule has 0 aromatic carbocycles. The van der Waals surface area contributed by atoms with Crippen molar-refractivity contribution in [2.75, 3.05) is 0 Å². The largest absolute Gasteiger partial charge is 0.389 e. The van der Waals surface area contributed by atoms with Crippen molar-refractivity contribution in [3.8, 4) is 0 Å². The lowest BCUT2D eigenvalue weighted by atomic mass is 9.80. The zero-order valence-electron chi connectivity index (χ0n) is 16.7. The van der Waals surface area contributed by atoms with Gasteiger partial charge >= 0.3 is 0 Å². The van der Waals surface area contributed by atoms with Gasteiger partial charge in [0.1, 0.15) is 5.92 Å². The van der Waals surface area contributed by atoms with Crippen LogP contribution in [0.2, 0.25) is 0 Å². The molecule has 1 unspecified atom stereocenters. The molecule has 0 aromatic heterocycles. The standard InChI is InChI=1S/C21H32O5/c1-12(2)7-9-15-19(24)18(16(22)11-14(5)6)20(25)21(15,26)17(23)10-8-13(3)4/h7-8,14-15,17-18,23,26H,9-11H2,1-6H3/t15-,17-,18?,21-/m0/s1. The predicted molar refractivity (Wildman–Crippen MR) is 101 cm³/mol. The molecular weight excluding hydrogens is 332 g/mol. The van der Waals surface area contributed by atoms with Crippen LogP contribution in [0.25, 0.3) is 0 Å². The van der Waals surface area contributed by atoms with Gasteiger partial charge in [0.2, 0.25) is 0 Å². The van der Waals surface area contributed by atoms with Crippen LogP contribution in [0.1, 0.15) is 60.8 Å². The number of carbonyl (C=O) groups excluding carboxylic acids is 3. The Bertz CT molecular complexity index is 620. The molecule has 26 heavy (non-hydrogen) atoms. The number of carbonyl (C=O) groups is 3. The minimum absolute atomic E-state index is 0.00335. The van der Waals surface area contributed by atoms with Crippen LogP contribution in [-0.2, 0) is 14.4 Å². The maximum atomic E-state index is 12.9. The van der Waals surface area contributed by atoms with E-state index in [1.165, 1.54) is 0 Å². The van der Waals surface area contributed by atoms with Crippen molar-refractivity contribution in [2.24, 2.45) is 17.8 Å². The van der Waals surface area contributed by atoms with Gasteiger partial charge in [-0.3, -0.25) is 14.4 Å². The lowest BCUT2D eigenvalue weighted by Gasteiger charge is -2.31. The first kappa shape index (κ1) is 22.5. The Labute approximate surface area is 156 Å². The van der Waals surface area contributed by atoms with Gasteiger partial charge in [-0.05, 0) is 46.5 Å². The van der Waals surface area contributed by atoms with Crippen LogP contribution in [0, 0.1) is 17.8 Å². The highest BCUT2D eigenvalue weighted by molar-refractivity contribution is 6.27. The van der Waals surface area contributed by atoms with Crippen molar-refractivity contribution in [3.63, 3.8) is 0 Å². The van der Waals surface area contributed by atoms with Gasteiger partial charge in [0.05, 0.1) is 12.0 Å². The molecule has 0 aromatic rings. The SMILES string of the molecule is CC(C)=CC[C@H](O)[C@]1(O)C(=O)C(C(=O)CC(C)C)C(=O)[C@@H]1CC=C(C)C. The molecule has 0 saturated heterocycles. The quantitative estimate of drug-likeness (QED) is 0.510. The Morgan fingerprint density at radius 1 is 1.12 bits per heavy atom. The lowest BCUT2D eigenvalue weighted by molar-refractivity contribution is -0.155. The smallest absolute Gasteiger partial charge is 0.185 e. The molecule has 5 nitrogen and oxygen atoms in total. The zero-order valence-corrected chi connectivity index (χ0v) is 16.7. The summed E-state index contributed by atoms with van der Waals surface area (Å²) in [5.74, 6) is -4.47. The van der Waals surface area contributed by atoms with Gasteiger partial charge in [-0.15, -0.1) is 0 Å². The maximum absolute atomic E-state index is 12.9. The molecule has 2 N–H and O–H groups in total. The van der Waals surface area contributed by atoms with E-state index < -0.39 is 40.9 Å². The van der Waals surface area contributed by atoms with E-state index in [4.69, 9.17) is 0 Å². The summed E-state index contributed by atoms with van der Waals surface area (Å²) in [6.45, 7) is 11.0. The molecule has 1 fully saturated rings. The van der Waals surface area contributed by atoms with Crippen molar-refractivity contribution >= 4 is 17.3 Å². The molecule has 0 aliphatic heterocycles. The van der Waals surface area contributed by atoms with E-state index in [0.717, 1.165) is 11.1 Å². The van der Waals surface area contributed by atoms with E-state index in [0.29, 0.717) is 0 Å². The first-order valence-electron chi connectivity index (χ1n) is 9.20.